The second-order valence-corrected chi connectivity index (χ2v) is 3.60. The molecule has 6 heteroatoms. The quantitative estimate of drug-likeness (QED) is 0.225. The highest BCUT2D eigenvalue weighted by atomic mass is 16.5. The van der Waals surface area contributed by atoms with E-state index in [1.807, 2.05) is 19.1 Å². The summed E-state index contributed by atoms with van der Waals surface area (Å²) in [6, 6.07) is 3.76. The number of hydrogen-bond donors (Lipinski definition) is 3. The molecule has 0 fully saturated rings. The summed E-state index contributed by atoms with van der Waals surface area (Å²) in [5.74, 6) is 6.77. The monoisotopic (exact) mass is 240 g/mol. The molecule has 0 saturated carbocycles. The molecular weight excluding hydrogens is 220 g/mol. The molecule has 4 N–H and O–H groups in total. The molecule has 1 atom stereocenters. The van der Waals surface area contributed by atoms with Gasteiger partial charge in [0.15, 0.2) is 0 Å². The molecule has 1 unspecified atom stereocenters. The number of furan rings is 1. The predicted molar refractivity (Wildman–Crippen MR) is 66.4 cm³/mol. The molecule has 1 aromatic heterocycles. The number of rotatable bonds is 6. The lowest BCUT2D eigenvalue weighted by atomic mass is 10.2. The minimum absolute atomic E-state index is 0.0159. The Balaban J connectivity index is 2.40. The van der Waals surface area contributed by atoms with Crippen molar-refractivity contribution in [2.45, 2.75) is 19.4 Å². The molecule has 0 amide bonds. The van der Waals surface area contributed by atoms with Crippen LogP contribution in [0.3, 0.4) is 0 Å². The van der Waals surface area contributed by atoms with E-state index >= 15 is 0 Å². The zero-order chi connectivity index (χ0) is 12.5. The van der Waals surface area contributed by atoms with Crippen molar-refractivity contribution in [3.8, 4) is 0 Å². The summed E-state index contributed by atoms with van der Waals surface area (Å²) in [4.78, 5) is 4.28. The van der Waals surface area contributed by atoms with Gasteiger partial charge in [0.2, 0.25) is 5.96 Å². The van der Waals surface area contributed by atoms with Gasteiger partial charge in [-0.1, -0.05) is 0 Å². The van der Waals surface area contributed by atoms with E-state index in [4.69, 9.17) is 15.0 Å². The zero-order valence-corrected chi connectivity index (χ0v) is 10.3. The fourth-order valence-corrected chi connectivity index (χ4v) is 1.35. The van der Waals surface area contributed by atoms with Crippen LogP contribution in [0.5, 0.6) is 0 Å². The van der Waals surface area contributed by atoms with Crippen molar-refractivity contribution in [2.24, 2.45) is 10.8 Å². The van der Waals surface area contributed by atoms with E-state index in [0.717, 1.165) is 12.2 Å². The first-order valence-corrected chi connectivity index (χ1v) is 5.58. The van der Waals surface area contributed by atoms with Crippen molar-refractivity contribution in [3.63, 3.8) is 0 Å². The predicted octanol–water partition coefficient (Wildman–Crippen LogP) is 0.786. The third-order valence-corrected chi connectivity index (χ3v) is 2.24. The van der Waals surface area contributed by atoms with Crippen LogP contribution in [0.25, 0.3) is 0 Å². The molecule has 0 spiro atoms. The van der Waals surface area contributed by atoms with Crippen LogP contribution in [0.15, 0.2) is 27.8 Å². The Morgan fingerprint density at radius 1 is 1.65 bits per heavy atom. The molecule has 0 aliphatic rings. The summed E-state index contributed by atoms with van der Waals surface area (Å²) >= 11 is 0. The van der Waals surface area contributed by atoms with Crippen LogP contribution in [-0.2, 0) is 4.74 Å². The van der Waals surface area contributed by atoms with Crippen LogP contribution < -0.4 is 16.6 Å². The summed E-state index contributed by atoms with van der Waals surface area (Å²) in [5, 5.41) is 3.13. The minimum atomic E-state index is 0.0159. The van der Waals surface area contributed by atoms with Gasteiger partial charge in [-0.3, -0.25) is 10.4 Å². The number of nitrogens with one attached hydrogen (secondary N) is 2. The van der Waals surface area contributed by atoms with Crippen molar-refractivity contribution in [2.75, 3.05) is 20.3 Å². The van der Waals surface area contributed by atoms with Gasteiger partial charge in [-0.05, 0) is 25.5 Å². The average molecular weight is 240 g/mol. The molecule has 0 saturated heterocycles. The first kappa shape index (κ1) is 13.5. The van der Waals surface area contributed by atoms with Gasteiger partial charge in [-0.15, -0.1) is 0 Å². The first-order valence-electron chi connectivity index (χ1n) is 5.58. The lowest BCUT2D eigenvalue weighted by Gasteiger charge is -2.14. The highest BCUT2D eigenvalue weighted by molar-refractivity contribution is 5.79. The van der Waals surface area contributed by atoms with E-state index in [9.17, 15) is 0 Å². The number of guanidine groups is 1. The van der Waals surface area contributed by atoms with Gasteiger partial charge in [0.25, 0.3) is 0 Å². The van der Waals surface area contributed by atoms with Gasteiger partial charge in [0, 0.05) is 20.3 Å². The Bertz CT molecular complexity index is 324. The molecule has 17 heavy (non-hydrogen) atoms. The molecule has 0 radical (unpaired) electrons. The average Bonchev–Trinajstić information content (AvgIpc) is 2.86. The summed E-state index contributed by atoms with van der Waals surface area (Å²) in [5.41, 5.74) is 2.53. The zero-order valence-electron chi connectivity index (χ0n) is 10.3. The maximum absolute atomic E-state index is 5.38. The minimum Gasteiger partial charge on any atom is -0.467 e. The first-order chi connectivity index (χ1) is 8.27. The largest absolute Gasteiger partial charge is 0.467 e. The standard InChI is InChI=1S/C11H20N4O2/c1-9(10-5-3-8-17-10)14-11(15-12)13-6-4-7-16-2/h3,5,8-9H,4,6-7,12H2,1-2H3,(H2,13,14,15). The van der Waals surface area contributed by atoms with E-state index in [2.05, 4.69) is 15.7 Å². The van der Waals surface area contributed by atoms with Crippen molar-refractivity contribution in [3.05, 3.63) is 24.2 Å². The van der Waals surface area contributed by atoms with E-state index in [1.54, 1.807) is 13.4 Å². The van der Waals surface area contributed by atoms with E-state index in [1.165, 1.54) is 0 Å². The Hall–Kier alpha value is -1.53. The summed E-state index contributed by atoms with van der Waals surface area (Å²) in [6.45, 7) is 3.32. The number of hydrogen-bond acceptors (Lipinski definition) is 4. The molecule has 0 aromatic carbocycles. The highest BCUT2D eigenvalue weighted by Crippen LogP contribution is 2.11. The SMILES string of the molecule is COCCCN=C(NN)NC(C)c1ccco1. The molecule has 1 heterocycles. The third-order valence-electron chi connectivity index (χ3n) is 2.24. The van der Waals surface area contributed by atoms with Crippen LogP contribution >= 0.6 is 0 Å². The Kier molecular flexibility index (Phi) is 6.13. The smallest absolute Gasteiger partial charge is 0.206 e. The number of methoxy groups -OCH3 is 1. The van der Waals surface area contributed by atoms with Gasteiger partial charge in [-0.2, -0.15) is 0 Å². The topological polar surface area (TPSA) is 84.8 Å². The number of aliphatic imine (C=N–C) groups is 1. The Morgan fingerprint density at radius 2 is 2.47 bits per heavy atom. The van der Waals surface area contributed by atoms with E-state index in [0.29, 0.717) is 19.1 Å². The fourth-order valence-electron chi connectivity index (χ4n) is 1.35. The van der Waals surface area contributed by atoms with E-state index in [-0.39, 0.29) is 6.04 Å². The van der Waals surface area contributed by atoms with Crippen LogP contribution in [0, 0.1) is 0 Å². The van der Waals surface area contributed by atoms with Crippen molar-refractivity contribution in [1.82, 2.24) is 10.7 Å². The van der Waals surface area contributed by atoms with Crippen LogP contribution in [0.2, 0.25) is 0 Å². The maximum Gasteiger partial charge on any atom is 0.206 e. The van der Waals surface area contributed by atoms with Gasteiger partial charge in [0.05, 0.1) is 12.3 Å². The molecule has 6 nitrogen and oxygen atoms in total. The van der Waals surface area contributed by atoms with Gasteiger partial charge >= 0.3 is 0 Å². The molecular formula is C11H20N4O2. The number of nitrogens with two attached hydrogens (primary N) is 1. The molecule has 96 valence electrons. The molecule has 0 aliphatic heterocycles. The maximum atomic E-state index is 5.38. The fraction of sp³-hybridized carbons (Fsp3) is 0.545. The second-order valence-electron chi connectivity index (χ2n) is 3.60. The summed E-state index contributed by atoms with van der Waals surface area (Å²) in [6.07, 6.45) is 2.50. The van der Waals surface area contributed by atoms with Gasteiger partial charge in [-0.25, -0.2) is 5.84 Å². The van der Waals surface area contributed by atoms with Crippen LogP contribution in [-0.4, -0.2) is 26.2 Å². The van der Waals surface area contributed by atoms with Crippen molar-refractivity contribution >= 4 is 5.96 Å². The Labute approximate surface area is 101 Å². The van der Waals surface area contributed by atoms with Gasteiger partial charge < -0.3 is 14.5 Å². The molecule has 0 bridgehead atoms. The highest BCUT2D eigenvalue weighted by Gasteiger charge is 2.09. The number of ether oxygens (including phenoxy) is 1. The van der Waals surface area contributed by atoms with Crippen molar-refractivity contribution < 1.29 is 9.15 Å². The number of hydrazine groups is 1. The van der Waals surface area contributed by atoms with E-state index < -0.39 is 0 Å². The van der Waals surface area contributed by atoms with Crippen molar-refractivity contribution in [1.29, 1.82) is 0 Å². The normalized spacial score (nSPS) is 13.5. The molecule has 1 aromatic rings. The molecule has 1 rings (SSSR count). The second kappa shape index (κ2) is 7.70. The lowest BCUT2D eigenvalue weighted by Crippen LogP contribution is -2.42. The third kappa shape index (κ3) is 4.88. The van der Waals surface area contributed by atoms with Gasteiger partial charge in [0.1, 0.15) is 5.76 Å². The summed E-state index contributed by atoms with van der Waals surface area (Å²) < 4.78 is 10.2. The Morgan fingerprint density at radius 3 is 3.06 bits per heavy atom. The summed E-state index contributed by atoms with van der Waals surface area (Å²) in [7, 11) is 1.67. The number of nitrogens with zero attached hydrogens (tertiary/aromatic N) is 1. The van der Waals surface area contributed by atoms with Crippen LogP contribution in [0.1, 0.15) is 25.1 Å². The molecule has 0 aliphatic carbocycles. The lowest BCUT2D eigenvalue weighted by molar-refractivity contribution is 0.197. The van der Waals surface area contributed by atoms with Crippen LogP contribution in [0.4, 0.5) is 0 Å².